The molecule has 2 aliphatic rings. The third-order valence-corrected chi connectivity index (χ3v) is 7.88. The summed E-state index contributed by atoms with van der Waals surface area (Å²) in [6.45, 7) is 3.03. The van der Waals surface area contributed by atoms with Crippen LogP contribution in [0.3, 0.4) is 0 Å². The predicted molar refractivity (Wildman–Crippen MR) is 132 cm³/mol. The van der Waals surface area contributed by atoms with E-state index < -0.39 is 17.5 Å². The van der Waals surface area contributed by atoms with Crippen molar-refractivity contribution in [2.24, 2.45) is 0 Å². The number of thiophene rings is 1. The molecular formula is C26H29N3O4S. The van der Waals surface area contributed by atoms with Crippen LogP contribution in [0.15, 0.2) is 46.2 Å². The zero-order valence-corrected chi connectivity index (χ0v) is 20.1. The summed E-state index contributed by atoms with van der Waals surface area (Å²) >= 11 is 1.66. The number of hydrogen-bond acceptors (Lipinski definition) is 6. The Morgan fingerprint density at radius 2 is 1.94 bits per heavy atom. The number of hydrogen-bond donors (Lipinski definition) is 2. The summed E-state index contributed by atoms with van der Waals surface area (Å²) in [6, 6.07) is 10.6. The minimum atomic E-state index is -1.03. The van der Waals surface area contributed by atoms with E-state index >= 15 is 0 Å². The highest BCUT2D eigenvalue weighted by Gasteiger charge is 2.43. The zero-order valence-electron chi connectivity index (χ0n) is 19.3. The van der Waals surface area contributed by atoms with Crippen LogP contribution in [-0.2, 0) is 9.59 Å². The molecule has 34 heavy (non-hydrogen) atoms. The van der Waals surface area contributed by atoms with Gasteiger partial charge in [-0.15, -0.1) is 11.3 Å². The van der Waals surface area contributed by atoms with Crippen LogP contribution in [0.25, 0.3) is 11.0 Å². The molecule has 0 spiro atoms. The van der Waals surface area contributed by atoms with E-state index in [1.807, 2.05) is 35.7 Å². The fourth-order valence-corrected chi connectivity index (χ4v) is 5.84. The van der Waals surface area contributed by atoms with Gasteiger partial charge in [-0.1, -0.05) is 37.5 Å². The molecule has 1 saturated carbocycles. The van der Waals surface area contributed by atoms with Crippen molar-refractivity contribution >= 4 is 45.6 Å². The minimum Gasteiger partial charge on any atom is -0.451 e. The van der Waals surface area contributed by atoms with Crippen molar-refractivity contribution in [2.45, 2.75) is 57.0 Å². The maximum atomic E-state index is 13.5. The van der Waals surface area contributed by atoms with Crippen molar-refractivity contribution in [3.8, 4) is 0 Å². The molecule has 2 aromatic heterocycles. The van der Waals surface area contributed by atoms with Crippen LogP contribution in [0.5, 0.6) is 0 Å². The van der Waals surface area contributed by atoms with Gasteiger partial charge in [-0.05, 0) is 49.8 Å². The number of piperidine rings is 1. The minimum absolute atomic E-state index is 0.000213. The molecule has 7 nitrogen and oxygen atoms in total. The number of anilines is 1. The molecule has 3 heterocycles. The number of ketones is 1. The Morgan fingerprint density at radius 1 is 1.15 bits per heavy atom. The Hall–Kier alpha value is -3.13. The maximum absolute atomic E-state index is 13.5. The first-order valence-corrected chi connectivity index (χ1v) is 12.8. The van der Waals surface area contributed by atoms with Crippen molar-refractivity contribution in [1.29, 1.82) is 0 Å². The summed E-state index contributed by atoms with van der Waals surface area (Å²) in [5, 5.41) is 8.84. The van der Waals surface area contributed by atoms with Gasteiger partial charge in [0.2, 0.25) is 5.91 Å². The lowest BCUT2D eigenvalue weighted by Gasteiger charge is -2.39. The summed E-state index contributed by atoms with van der Waals surface area (Å²) in [7, 11) is 0. The fraction of sp³-hybridized carbons (Fsp3) is 0.423. The molecule has 1 aromatic carbocycles. The quantitative estimate of drug-likeness (QED) is 0.572. The average molecular weight is 480 g/mol. The molecule has 5 rings (SSSR count). The lowest BCUT2D eigenvalue weighted by Crippen LogP contribution is -2.63. The van der Waals surface area contributed by atoms with Gasteiger partial charge in [0, 0.05) is 16.8 Å². The molecule has 0 bridgehead atoms. The Labute approximate surface area is 202 Å². The molecule has 1 aliphatic heterocycles. The van der Waals surface area contributed by atoms with Crippen LogP contribution in [0.4, 0.5) is 5.69 Å². The first-order valence-electron chi connectivity index (χ1n) is 11.9. The number of benzene rings is 1. The van der Waals surface area contributed by atoms with Crippen molar-refractivity contribution in [2.75, 3.05) is 18.0 Å². The largest absolute Gasteiger partial charge is 0.451 e. The first-order chi connectivity index (χ1) is 16.4. The van der Waals surface area contributed by atoms with E-state index in [1.54, 1.807) is 17.4 Å². The number of Topliss-reactive ketones (excluding diaryl/α,β-unsaturated/α-hetero) is 1. The van der Waals surface area contributed by atoms with E-state index in [0.29, 0.717) is 31.4 Å². The topological polar surface area (TPSA) is 91.7 Å². The van der Waals surface area contributed by atoms with Gasteiger partial charge in [-0.3, -0.25) is 14.4 Å². The molecule has 3 aromatic rings. The van der Waals surface area contributed by atoms with Gasteiger partial charge in [-0.25, -0.2) is 0 Å². The summed E-state index contributed by atoms with van der Waals surface area (Å²) < 4.78 is 5.72. The van der Waals surface area contributed by atoms with E-state index in [2.05, 4.69) is 22.5 Å². The standard InChI is InChI=1S/C26H29N3O4S/c1-17-20(10-14-34-17)29-13-9-19(21(30)16-29)27-25(32)26(11-5-2-6-12-26)28-24(31)23-15-18-7-3-4-8-22(18)33-23/h3-4,7-8,10,14-15,19H,2,5-6,9,11-13,16H2,1H3,(H,27,32)(H,28,31). The summed E-state index contributed by atoms with van der Waals surface area (Å²) in [6.07, 6.45) is 4.35. The van der Waals surface area contributed by atoms with Gasteiger partial charge < -0.3 is 20.0 Å². The number of para-hydroxylation sites is 1. The number of rotatable bonds is 5. The Bertz CT molecular complexity index is 1190. The molecule has 2 amide bonds. The molecule has 0 radical (unpaired) electrons. The van der Waals surface area contributed by atoms with Crippen molar-refractivity contribution in [3.63, 3.8) is 0 Å². The Kier molecular flexibility index (Phi) is 6.16. The maximum Gasteiger partial charge on any atom is 0.287 e. The average Bonchev–Trinajstić information content (AvgIpc) is 3.47. The molecule has 8 heteroatoms. The lowest BCUT2D eigenvalue weighted by atomic mass is 9.80. The second kappa shape index (κ2) is 9.25. The third-order valence-electron chi connectivity index (χ3n) is 7.04. The smallest absolute Gasteiger partial charge is 0.287 e. The number of aryl methyl sites for hydroxylation is 1. The van der Waals surface area contributed by atoms with E-state index in [0.717, 1.165) is 30.3 Å². The molecule has 1 unspecified atom stereocenters. The van der Waals surface area contributed by atoms with Crippen LogP contribution < -0.4 is 15.5 Å². The van der Waals surface area contributed by atoms with Crippen molar-refractivity contribution in [1.82, 2.24) is 10.6 Å². The van der Waals surface area contributed by atoms with Gasteiger partial charge in [0.1, 0.15) is 11.1 Å². The van der Waals surface area contributed by atoms with E-state index in [4.69, 9.17) is 4.42 Å². The fourth-order valence-electron chi connectivity index (χ4n) is 5.12. The molecule has 2 N–H and O–H groups in total. The highest BCUT2D eigenvalue weighted by molar-refractivity contribution is 7.10. The molecule has 2 fully saturated rings. The number of nitrogens with one attached hydrogen (secondary N) is 2. The predicted octanol–water partition coefficient (Wildman–Crippen LogP) is 4.20. The number of carbonyl (C=O) groups excluding carboxylic acids is 3. The third kappa shape index (κ3) is 4.34. The van der Waals surface area contributed by atoms with Gasteiger partial charge in [0.15, 0.2) is 11.5 Å². The lowest BCUT2D eigenvalue weighted by molar-refractivity contribution is -0.133. The van der Waals surface area contributed by atoms with Crippen LogP contribution in [0, 0.1) is 6.92 Å². The van der Waals surface area contributed by atoms with E-state index in [-0.39, 0.29) is 24.0 Å². The highest BCUT2D eigenvalue weighted by Crippen LogP contribution is 2.31. The van der Waals surface area contributed by atoms with Crippen LogP contribution >= 0.6 is 11.3 Å². The second-order valence-electron chi connectivity index (χ2n) is 9.31. The van der Waals surface area contributed by atoms with Gasteiger partial charge in [0.05, 0.1) is 18.3 Å². The summed E-state index contributed by atoms with van der Waals surface area (Å²) in [5.41, 5.74) is 0.688. The van der Waals surface area contributed by atoms with Gasteiger partial charge >= 0.3 is 0 Å². The van der Waals surface area contributed by atoms with E-state index in [1.165, 1.54) is 4.88 Å². The van der Waals surface area contributed by atoms with Crippen molar-refractivity contribution < 1.29 is 18.8 Å². The zero-order chi connectivity index (χ0) is 23.7. The first kappa shape index (κ1) is 22.7. The SMILES string of the molecule is Cc1sccc1N1CCC(NC(=O)C2(NC(=O)c3cc4ccccc4o3)CCCCC2)C(=O)C1. The molecule has 1 saturated heterocycles. The highest BCUT2D eigenvalue weighted by atomic mass is 32.1. The van der Waals surface area contributed by atoms with E-state index in [9.17, 15) is 14.4 Å². The molecule has 1 atom stereocenters. The van der Waals surface area contributed by atoms with Crippen LogP contribution in [0.1, 0.15) is 54.0 Å². The summed E-state index contributed by atoms with van der Waals surface area (Å²) in [4.78, 5) is 42.8. The number of fused-ring (bicyclic) bond motifs is 1. The molecule has 178 valence electrons. The number of furan rings is 1. The van der Waals surface area contributed by atoms with Crippen LogP contribution in [0.2, 0.25) is 0 Å². The number of nitrogens with zero attached hydrogens (tertiary/aromatic N) is 1. The number of carbonyl (C=O) groups is 3. The second-order valence-corrected chi connectivity index (χ2v) is 10.4. The normalized spacial score (nSPS) is 20.3. The summed E-state index contributed by atoms with van der Waals surface area (Å²) in [5.74, 6) is -0.480. The van der Waals surface area contributed by atoms with Crippen LogP contribution in [-0.4, -0.2) is 42.3 Å². The Balaban J connectivity index is 1.29. The monoisotopic (exact) mass is 479 g/mol. The number of amides is 2. The van der Waals surface area contributed by atoms with Gasteiger partial charge in [-0.2, -0.15) is 0 Å². The Morgan fingerprint density at radius 3 is 2.65 bits per heavy atom. The molecule has 1 aliphatic carbocycles. The molecular weight excluding hydrogens is 450 g/mol. The van der Waals surface area contributed by atoms with Crippen molar-refractivity contribution in [3.05, 3.63) is 52.4 Å². The van der Waals surface area contributed by atoms with Gasteiger partial charge in [0.25, 0.3) is 5.91 Å².